The van der Waals surface area contributed by atoms with Gasteiger partial charge in [0.1, 0.15) is 0 Å². The fourth-order valence-electron chi connectivity index (χ4n) is 1.81. The summed E-state index contributed by atoms with van der Waals surface area (Å²) in [6, 6.07) is 2.02. The molecule has 0 radical (unpaired) electrons. The number of rotatable bonds is 6. The number of amides is 1. The lowest BCUT2D eigenvalue weighted by Crippen LogP contribution is -2.42. The second kappa shape index (κ2) is 6.31. The Morgan fingerprint density at radius 1 is 1.44 bits per heavy atom. The number of nitrogens with zero attached hydrogens (tertiary/aromatic N) is 2. The van der Waals surface area contributed by atoms with E-state index >= 15 is 0 Å². The third-order valence-corrected chi connectivity index (χ3v) is 3.22. The highest BCUT2D eigenvalue weighted by molar-refractivity contribution is 7.07. The summed E-state index contributed by atoms with van der Waals surface area (Å²) in [4.78, 5) is 15.5. The number of aliphatic hydroxyl groups is 1. The largest absolute Gasteiger partial charge is 0.389 e. The van der Waals surface area contributed by atoms with Crippen molar-refractivity contribution in [2.45, 2.75) is 26.0 Å². The first kappa shape index (κ1) is 15.1. The Labute approximate surface area is 113 Å². The average Bonchev–Trinajstić information content (AvgIpc) is 2.66. The van der Waals surface area contributed by atoms with Gasteiger partial charge in [0.15, 0.2) is 0 Å². The van der Waals surface area contributed by atoms with Gasteiger partial charge in [0.05, 0.1) is 12.1 Å². The van der Waals surface area contributed by atoms with Crippen molar-refractivity contribution in [2.75, 3.05) is 27.2 Å². The number of likely N-dealkylation sites (N-methyl/N-ethyl adjacent to an activating group) is 2. The summed E-state index contributed by atoms with van der Waals surface area (Å²) in [5, 5.41) is 13.7. The van der Waals surface area contributed by atoms with Crippen molar-refractivity contribution in [1.82, 2.24) is 9.80 Å². The first-order valence-electron chi connectivity index (χ1n) is 5.94. The molecule has 0 atom stereocenters. The lowest BCUT2D eigenvalue weighted by atomic mass is 10.1. The molecule has 18 heavy (non-hydrogen) atoms. The monoisotopic (exact) mass is 270 g/mol. The van der Waals surface area contributed by atoms with E-state index in [4.69, 9.17) is 0 Å². The molecule has 1 heterocycles. The summed E-state index contributed by atoms with van der Waals surface area (Å²) in [6.45, 7) is 4.92. The highest BCUT2D eigenvalue weighted by atomic mass is 32.1. The van der Waals surface area contributed by atoms with Gasteiger partial charge in [-0.1, -0.05) is 0 Å². The maximum atomic E-state index is 12.0. The van der Waals surface area contributed by atoms with Crippen molar-refractivity contribution in [2.24, 2.45) is 0 Å². The maximum absolute atomic E-state index is 12.0. The van der Waals surface area contributed by atoms with Gasteiger partial charge in [-0.3, -0.25) is 9.69 Å². The van der Waals surface area contributed by atoms with Gasteiger partial charge in [0, 0.05) is 20.1 Å². The molecule has 0 bridgehead atoms. The lowest BCUT2D eigenvalue weighted by molar-refractivity contribution is -0.131. The minimum Gasteiger partial charge on any atom is -0.389 e. The molecule has 1 amide bonds. The van der Waals surface area contributed by atoms with Gasteiger partial charge in [-0.25, -0.2) is 0 Å². The van der Waals surface area contributed by atoms with Crippen LogP contribution in [0.15, 0.2) is 16.8 Å². The molecule has 0 saturated heterocycles. The predicted octanol–water partition coefficient (Wildman–Crippen LogP) is 1.41. The van der Waals surface area contributed by atoms with Crippen molar-refractivity contribution >= 4 is 17.2 Å². The quantitative estimate of drug-likeness (QED) is 0.850. The molecule has 0 saturated carbocycles. The summed E-state index contributed by atoms with van der Waals surface area (Å²) >= 11 is 1.63. The van der Waals surface area contributed by atoms with Gasteiger partial charge in [-0.15, -0.1) is 0 Å². The maximum Gasteiger partial charge on any atom is 0.236 e. The molecule has 102 valence electrons. The molecule has 4 nitrogen and oxygen atoms in total. The third-order valence-electron chi connectivity index (χ3n) is 2.49. The predicted molar refractivity (Wildman–Crippen MR) is 74.6 cm³/mol. The van der Waals surface area contributed by atoms with Crippen LogP contribution in [0.25, 0.3) is 0 Å². The zero-order chi connectivity index (χ0) is 13.8. The van der Waals surface area contributed by atoms with Gasteiger partial charge in [0.25, 0.3) is 0 Å². The molecule has 1 aromatic heterocycles. The van der Waals surface area contributed by atoms with Crippen molar-refractivity contribution in [3.8, 4) is 0 Å². The Hall–Kier alpha value is -0.910. The van der Waals surface area contributed by atoms with Gasteiger partial charge in [-0.05, 0) is 43.3 Å². The molecule has 0 fully saturated rings. The molecule has 1 rings (SSSR count). The van der Waals surface area contributed by atoms with Crippen LogP contribution in [0.5, 0.6) is 0 Å². The van der Waals surface area contributed by atoms with E-state index < -0.39 is 5.60 Å². The van der Waals surface area contributed by atoms with E-state index in [2.05, 4.69) is 0 Å². The van der Waals surface area contributed by atoms with Gasteiger partial charge in [-0.2, -0.15) is 11.3 Å². The summed E-state index contributed by atoms with van der Waals surface area (Å²) in [7, 11) is 3.65. The number of hydrogen-bond donors (Lipinski definition) is 1. The van der Waals surface area contributed by atoms with Gasteiger partial charge >= 0.3 is 0 Å². The van der Waals surface area contributed by atoms with Crippen LogP contribution in [0.4, 0.5) is 0 Å². The molecule has 0 aromatic carbocycles. The van der Waals surface area contributed by atoms with E-state index in [0.29, 0.717) is 19.6 Å². The summed E-state index contributed by atoms with van der Waals surface area (Å²) < 4.78 is 0. The molecule has 1 aromatic rings. The van der Waals surface area contributed by atoms with Crippen LogP contribution < -0.4 is 0 Å². The number of thiophene rings is 1. The van der Waals surface area contributed by atoms with E-state index in [1.807, 2.05) is 28.8 Å². The summed E-state index contributed by atoms with van der Waals surface area (Å²) in [6.07, 6.45) is 0. The third kappa shape index (κ3) is 5.62. The summed E-state index contributed by atoms with van der Waals surface area (Å²) in [5.74, 6) is 0.0629. The molecule has 5 heteroatoms. The van der Waals surface area contributed by atoms with E-state index in [9.17, 15) is 9.90 Å². The van der Waals surface area contributed by atoms with E-state index in [0.717, 1.165) is 5.56 Å². The van der Waals surface area contributed by atoms with Crippen molar-refractivity contribution in [1.29, 1.82) is 0 Å². The molecule has 0 aliphatic heterocycles. The van der Waals surface area contributed by atoms with Crippen LogP contribution in [0.2, 0.25) is 0 Å². The number of hydrogen-bond acceptors (Lipinski definition) is 4. The number of carbonyl (C=O) groups excluding carboxylic acids is 1. The Morgan fingerprint density at radius 2 is 2.11 bits per heavy atom. The van der Waals surface area contributed by atoms with Gasteiger partial charge in [0.2, 0.25) is 5.91 Å². The minimum atomic E-state index is -0.777. The van der Waals surface area contributed by atoms with E-state index in [1.165, 1.54) is 0 Å². The zero-order valence-corrected chi connectivity index (χ0v) is 12.3. The van der Waals surface area contributed by atoms with Crippen LogP contribution in [0.1, 0.15) is 19.4 Å². The fraction of sp³-hybridized carbons (Fsp3) is 0.615. The topological polar surface area (TPSA) is 43.8 Å². The van der Waals surface area contributed by atoms with Crippen LogP contribution in [-0.2, 0) is 11.3 Å². The SMILES string of the molecule is CN(CC(=O)N(C)Cc1ccsc1)CC(C)(C)O. The molecular formula is C13H22N2O2S. The number of carbonyl (C=O) groups is 1. The van der Waals surface area contributed by atoms with Crippen molar-refractivity contribution in [3.05, 3.63) is 22.4 Å². The normalized spacial score (nSPS) is 11.9. The van der Waals surface area contributed by atoms with Crippen molar-refractivity contribution < 1.29 is 9.90 Å². The smallest absolute Gasteiger partial charge is 0.236 e. The minimum absolute atomic E-state index is 0.0629. The van der Waals surface area contributed by atoms with Crippen LogP contribution in [0.3, 0.4) is 0 Å². The van der Waals surface area contributed by atoms with Crippen LogP contribution in [-0.4, -0.2) is 53.6 Å². The molecule has 0 aliphatic carbocycles. The zero-order valence-electron chi connectivity index (χ0n) is 11.5. The molecular weight excluding hydrogens is 248 g/mol. The summed E-state index contributed by atoms with van der Waals surface area (Å²) in [5.41, 5.74) is 0.377. The first-order valence-corrected chi connectivity index (χ1v) is 6.88. The van der Waals surface area contributed by atoms with Crippen molar-refractivity contribution in [3.63, 3.8) is 0 Å². The Balaban J connectivity index is 2.40. The average molecular weight is 270 g/mol. The molecule has 1 N–H and O–H groups in total. The first-order chi connectivity index (χ1) is 8.28. The fourth-order valence-corrected chi connectivity index (χ4v) is 2.47. The van der Waals surface area contributed by atoms with Crippen LogP contribution in [0, 0.1) is 0 Å². The Morgan fingerprint density at radius 3 is 2.61 bits per heavy atom. The van der Waals surface area contributed by atoms with E-state index in [1.54, 1.807) is 37.1 Å². The molecule has 0 aliphatic rings. The Bertz CT molecular complexity index is 371. The molecule has 0 spiro atoms. The lowest BCUT2D eigenvalue weighted by Gasteiger charge is -2.26. The second-order valence-electron chi connectivity index (χ2n) is 5.37. The standard InChI is InChI=1S/C13H22N2O2S/c1-13(2,17)10-14(3)8-12(16)15(4)7-11-5-6-18-9-11/h5-6,9,17H,7-8,10H2,1-4H3. The highest BCUT2D eigenvalue weighted by Gasteiger charge is 2.18. The second-order valence-corrected chi connectivity index (χ2v) is 6.15. The van der Waals surface area contributed by atoms with E-state index in [-0.39, 0.29) is 5.91 Å². The Kier molecular flexibility index (Phi) is 5.31. The highest BCUT2D eigenvalue weighted by Crippen LogP contribution is 2.09. The van der Waals surface area contributed by atoms with Gasteiger partial charge < -0.3 is 10.0 Å². The molecule has 0 unspecified atom stereocenters. The van der Waals surface area contributed by atoms with Crippen LogP contribution >= 0.6 is 11.3 Å².